The molecule has 0 atom stereocenters. The fourth-order valence-corrected chi connectivity index (χ4v) is 2.06. The number of aromatic nitrogens is 3. The van der Waals surface area contributed by atoms with Gasteiger partial charge in [0.05, 0.1) is 37.1 Å². The summed E-state index contributed by atoms with van der Waals surface area (Å²) in [5.41, 5.74) is 2.14. The maximum absolute atomic E-state index is 5.33. The molecule has 94 valence electrons. The Morgan fingerprint density at radius 2 is 2.11 bits per heavy atom. The summed E-state index contributed by atoms with van der Waals surface area (Å²) in [6.07, 6.45) is 7.34. The Kier molecular flexibility index (Phi) is 3.34. The maximum atomic E-state index is 5.33. The van der Waals surface area contributed by atoms with Gasteiger partial charge >= 0.3 is 0 Å². The molecule has 0 aliphatic carbocycles. The van der Waals surface area contributed by atoms with E-state index in [9.17, 15) is 0 Å². The second kappa shape index (κ2) is 5.29. The molecule has 0 spiro atoms. The van der Waals surface area contributed by atoms with Gasteiger partial charge in [-0.3, -0.25) is 9.88 Å². The molecular weight excluding hydrogens is 228 g/mol. The predicted molar refractivity (Wildman–Crippen MR) is 67.5 cm³/mol. The van der Waals surface area contributed by atoms with Gasteiger partial charge < -0.3 is 9.30 Å². The zero-order chi connectivity index (χ0) is 12.2. The highest BCUT2D eigenvalue weighted by Crippen LogP contribution is 2.09. The van der Waals surface area contributed by atoms with E-state index >= 15 is 0 Å². The second-order valence-electron chi connectivity index (χ2n) is 4.37. The molecule has 5 nitrogen and oxygen atoms in total. The van der Waals surface area contributed by atoms with E-state index in [4.69, 9.17) is 4.74 Å². The molecule has 3 rings (SSSR count). The summed E-state index contributed by atoms with van der Waals surface area (Å²) >= 11 is 0. The molecule has 1 aliphatic rings. The molecule has 0 N–H and O–H groups in total. The van der Waals surface area contributed by atoms with Crippen LogP contribution in [0.3, 0.4) is 0 Å². The van der Waals surface area contributed by atoms with Crippen LogP contribution in [0.4, 0.5) is 0 Å². The van der Waals surface area contributed by atoms with Gasteiger partial charge in [-0.1, -0.05) is 0 Å². The van der Waals surface area contributed by atoms with Crippen LogP contribution in [0.15, 0.2) is 37.1 Å². The van der Waals surface area contributed by atoms with Gasteiger partial charge in [-0.2, -0.15) is 0 Å². The van der Waals surface area contributed by atoms with Gasteiger partial charge in [-0.25, -0.2) is 4.98 Å². The highest BCUT2D eigenvalue weighted by atomic mass is 16.5. The van der Waals surface area contributed by atoms with Gasteiger partial charge in [0.15, 0.2) is 0 Å². The zero-order valence-electron chi connectivity index (χ0n) is 10.2. The highest BCUT2D eigenvalue weighted by molar-refractivity contribution is 5.29. The van der Waals surface area contributed by atoms with Crippen molar-refractivity contribution in [1.82, 2.24) is 19.4 Å². The van der Waals surface area contributed by atoms with Crippen molar-refractivity contribution >= 4 is 0 Å². The maximum Gasteiger partial charge on any atom is 0.0992 e. The third-order valence-electron chi connectivity index (χ3n) is 3.10. The third kappa shape index (κ3) is 2.57. The summed E-state index contributed by atoms with van der Waals surface area (Å²) in [4.78, 5) is 10.9. The van der Waals surface area contributed by atoms with Crippen molar-refractivity contribution in [2.45, 2.75) is 6.54 Å². The van der Waals surface area contributed by atoms with Crippen molar-refractivity contribution < 1.29 is 4.74 Å². The van der Waals surface area contributed by atoms with E-state index in [-0.39, 0.29) is 0 Å². The minimum atomic E-state index is 0.827. The van der Waals surface area contributed by atoms with Crippen LogP contribution in [0, 0.1) is 0 Å². The van der Waals surface area contributed by atoms with Crippen LogP contribution >= 0.6 is 0 Å². The van der Waals surface area contributed by atoms with Crippen molar-refractivity contribution in [2.75, 3.05) is 26.3 Å². The monoisotopic (exact) mass is 244 g/mol. The molecule has 2 aromatic rings. The van der Waals surface area contributed by atoms with Crippen LogP contribution in [-0.4, -0.2) is 45.7 Å². The number of imidazole rings is 1. The number of hydrogen-bond acceptors (Lipinski definition) is 4. The van der Waals surface area contributed by atoms with Gasteiger partial charge in [0.2, 0.25) is 0 Å². The van der Waals surface area contributed by atoms with E-state index in [2.05, 4.69) is 27.0 Å². The van der Waals surface area contributed by atoms with E-state index in [1.165, 1.54) is 0 Å². The second-order valence-corrected chi connectivity index (χ2v) is 4.37. The van der Waals surface area contributed by atoms with Crippen molar-refractivity contribution in [3.05, 3.63) is 42.7 Å². The topological polar surface area (TPSA) is 43.2 Å². The van der Waals surface area contributed by atoms with E-state index in [1.54, 1.807) is 12.5 Å². The lowest BCUT2D eigenvalue weighted by molar-refractivity contribution is 0.0336. The lowest BCUT2D eigenvalue weighted by atomic mass is 10.3. The van der Waals surface area contributed by atoms with Crippen LogP contribution < -0.4 is 0 Å². The average molecular weight is 244 g/mol. The fourth-order valence-electron chi connectivity index (χ4n) is 2.06. The van der Waals surface area contributed by atoms with E-state index in [0.717, 1.165) is 44.2 Å². The molecule has 0 amide bonds. The number of ether oxygens (including phenoxy) is 1. The summed E-state index contributed by atoms with van der Waals surface area (Å²) in [6.45, 7) is 4.53. The summed E-state index contributed by atoms with van der Waals surface area (Å²) in [5, 5.41) is 0. The van der Waals surface area contributed by atoms with Crippen molar-refractivity contribution in [2.24, 2.45) is 0 Å². The molecule has 0 radical (unpaired) electrons. The van der Waals surface area contributed by atoms with Gasteiger partial charge in [-0.05, 0) is 12.1 Å². The molecule has 0 aromatic carbocycles. The van der Waals surface area contributed by atoms with Crippen LogP contribution in [0.2, 0.25) is 0 Å². The highest BCUT2D eigenvalue weighted by Gasteiger charge is 2.11. The molecule has 1 fully saturated rings. The van der Waals surface area contributed by atoms with Gasteiger partial charge in [0, 0.05) is 32.0 Å². The Bertz CT molecular complexity index is 474. The Labute approximate surface area is 106 Å². The molecule has 0 saturated carbocycles. The molecule has 5 heteroatoms. The van der Waals surface area contributed by atoms with Gasteiger partial charge in [0.25, 0.3) is 0 Å². The lowest BCUT2D eigenvalue weighted by Crippen LogP contribution is -2.35. The summed E-state index contributed by atoms with van der Waals surface area (Å²) in [7, 11) is 0. The van der Waals surface area contributed by atoms with Crippen LogP contribution in [0.25, 0.3) is 5.69 Å². The summed E-state index contributed by atoms with van der Waals surface area (Å²) < 4.78 is 7.28. The Morgan fingerprint density at radius 1 is 1.22 bits per heavy atom. The summed E-state index contributed by atoms with van der Waals surface area (Å²) in [5.74, 6) is 0. The number of morpholine rings is 1. The Hall–Kier alpha value is -1.72. The standard InChI is InChI=1S/C13H16N4O/c1-2-13(17-4-3-14-11-17)9-15-12(1)10-16-5-7-18-8-6-16/h1-4,9,11H,5-8,10H2. The Balaban J connectivity index is 1.67. The number of pyridine rings is 1. The molecule has 0 bridgehead atoms. The molecule has 2 aromatic heterocycles. The van der Waals surface area contributed by atoms with E-state index < -0.39 is 0 Å². The number of hydrogen-bond donors (Lipinski definition) is 0. The van der Waals surface area contributed by atoms with Gasteiger partial charge in [0.1, 0.15) is 0 Å². The molecule has 1 aliphatic heterocycles. The SMILES string of the molecule is c1cn(-c2ccc(CN3CCOCC3)nc2)cn1. The van der Waals surface area contributed by atoms with Crippen molar-refractivity contribution in [1.29, 1.82) is 0 Å². The number of rotatable bonds is 3. The van der Waals surface area contributed by atoms with Crippen LogP contribution in [-0.2, 0) is 11.3 Å². The predicted octanol–water partition coefficient (Wildman–Crippen LogP) is 1.10. The molecular formula is C13H16N4O. The molecule has 18 heavy (non-hydrogen) atoms. The molecule has 0 unspecified atom stereocenters. The summed E-state index contributed by atoms with van der Waals surface area (Å²) in [6, 6.07) is 4.15. The van der Waals surface area contributed by atoms with Crippen LogP contribution in [0.1, 0.15) is 5.69 Å². The third-order valence-corrected chi connectivity index (χ3v) is 3.10. The van der Waals surface area contributed by atoms with Crippen LogP contribution in [0.5, 0.6) is 0 Å². The average Bonchev–Trinajstić information content (AvgIpc) is 2.95. The minimum absolute atomic E-state index is 0.827. The normalized spacial score (nSPS) is 16.9. The molecule has 1 saturated heterocycles. The first-order valence-electron chi connectivity index (χ1n) is 6.15. The van der Waals surface area contributed by atoms with Crippen molar-refractivity contribution in [3.8, 4) is 5.69 Å². The first-order valence-corrected chi connectivity index (χ1v) is 6.15. The van der Waals surface area contributed by atoms with E-state index in [0.29, 0.717) is 0 Å². The smallest absolute Gasteiger partial charge is 0.0992 e. The minimum Gasteiger partial charge on any atom is -0.379 e. The zero-order valence-corrected chi connectivity index (χ0v) is 10.2. The molecule has 3 heterocycles. The first kappa shape index (κ1) is 11.4. The fraction of sp³-hybridized carbons (Fsp3) is 0.385. The number of nitrogens with zero attached hydrogens (tertiary/aromatic N) is 4. The lowest BCUT2D eigenvalue weighted by Gasteiger charge is -2.26. The largest absolute Gasteiger partial charge is 0.379 e. The quantitative estimate of drug-likeness (QED) is 0.811. The first-order chi connectivity index (χ1) is 8.92. The van der Waals surface area contributed by atoms with E-state index in [1.807, 2.05) is 17.0 Å². The van der Waals surface area contributed by atoms with Crippen molar-refractivity contribution in [3.63, 3.8) is 0 Å². The Morgan fingerprint density at radius 3 is 2.78 bits per heavy atom. The van der Waals surface area contributed by atoms with Gasteiger partial charge in [-0.15, -0.1) is 0 Å².